The summed E-state index contributed by atoms with van der Waals surface area (Å²) in [4.78, 5) is 46.9. The monoisotopic (exact) mass is 391 g/mol. The molecule has 0 bridgehead atoms. The van der Waals surface area contributed by atoms with Crippen LogP contribution in [0.5, 0.6) is 0 Å². The van der Waals surface area contributed by atoms with E-state index in [0.717, 1.165) is 0 Å². The van der Waals surface area contributed by atoms with Gasteiger partial charge in [-0.2, -0.15) is 0 Å². The quantitative estimate of drug-likeness (QED) is 0.486. The van der Waals surface area contributed by atoms with E-state index in [-0.39, 0.29) is 42.5 Å². The van der Waals surface area contributed by atoms with E-state index in [4.69, 9.17) is 5.11 Å². The highest BCUT2D eigenvalue weighted by Gasteiger charge is 2.24. The molecule has 0 aliphatic carbocycles. The Morgan fingerprint density at radius 1 is 1.00 bits per heavy atom. The zero-order valence-electron chi connectivity index (χ0n) is 16.7. The Kier molecular flexibility index (Phi) is 9.14. The van der Waals surface area contributed by atoms with Crippen molar-refractivity contribution in [2.45, 2.75) is 46.6 Å². The number of nitrogens with one attached hydrogen (secondary N) is 3. The molecule has 154 valence electrons. The first kappa shape index (κ1) is 23.1. The highest BCUT2D eigenvalue weighted by Crippen LogP contribution is 2.12. The van der Waals surface area contributed by atoms with E-state index >= 15 is 0 Å². The summed E-state index contributed by atoms with van der Waals surface area (Å²) >= 11 is 0. The molecule has 0 aliphatic rings. The summed E-state index contributed by atoms with van der Waals surface area (Å²) in [5, 5.41) is 16.6. The number of amides is 3. The van der Waals surface area contributed by atoms with Crippen molar-refractivity contribution < 1.29 is 24.3 Å². The van der Waals surface area contributed by atoms with Crippen molar-refractivity contribution in [1.29, 1.82) is 0 Å². The van der Waals surface area contributed by atoms with Crippen LogP contribution in [0, 0.1) is 11.8 Å². The Hall–Kier alpha value is -2.90. The number of carboxylic acids is 1. The third kappa shape index (κ3) is 8.20. The Balaban J connectivity index is 2.67. The van der Waals surface area contributed by atoms with Crippen LogP contribution in [0.2, 0.25) is 0 Å². The van der Waals surface area contributed by atoms with Crippen molar-refractivity contribution in [2.75, 3.05) is 11.9 Å². The number of hydrogen-bond donors (Lipinski definition) is 4. The molecule has 0 fully saturated rings. The number of carboxylic acid groups (broad SMARTS) is 1. The minimum absolute atomic E-state index is 0.0405. The van der Waals surface area contributed by atoms with Gasteiger partial charge in [0, 0.05) is 24.2 Å². The summed E-state index contributed by atoms with van der Waals surface area (Å²) in [5.74, 6) is -1.76. The van der Waals surface area contributed by atoms with Crippen molar-refractivity contribution in [3.05, 3.63) is 29.8 Å². The molecular weight excluding hydrogens is 362 g/mol. The van der Waals surface area contributed by atoms with Crippen LogP contribution in [0.4, 0.5) is 5.69 Å². The average Bonchev–Trinajstić information content (AvgIpc) is 2.58. The van der Waals surface area contributed by atoms with Crippen LogP contribution in [0.25, 0.3) is 0 Å². The smallest absolute Gasteiger partial charge is 0.305 e. The zero-order chi connectivity index (χ0) is 21.3. The summed E-state index contributed by atoms with van der Waals surface area (Å²) in [6.07, 6.45) is 0.196. The standard InChI is InChI=1S/C20H29N3O5/c1-12(2)11-16(24)23-18(13(3)4)20(28)22-15-7-5-14(6-8-15)19(27)21-10-9-17(25)26/h5-8,12-13,18H,9-11H2,1-4H3,(H,21,27)(H,22,28)(H,23,24)(H,25,26). The lowest BCUT2D eigenvalue weighted by molar-refractivity contribution is -0.136. The maximum atomic E-state index is 12.5. The zero-order valence-corrected chi connectivity index (χ0v) is 16.7. The summed E-state index contributed by atoms with van der Waals surface area (Å²) in [6, 6.07) is 5.57. The molecule has 0 saturated heterocycles. The van der Waals surface area contributed by atoms with Gasteiger partial charge >= 0.3 is 5.97 Å². The molecule has 0 saturated carbocycles. The van der Waals surface area contributed by atoms with Gasteiger partial charge in [-0.05, 0) is 36.1 Å². The fourth-order valence-electron chi connectivity index (χ4n) is 2.45. The minimum Gasteiger partial charge on any atom is -0.481 e. The van der Waals surface area contributed by atoms with Gasteiger partial charge in [-0.1, -0.05) is 27.7 Å². The van der Waals surface area contributed by atoms with Crippen molar-refractivity contribution in [3.63, 3.8) is 0 Å². The van der Waals surface area contributed by atoms with E-state index in [0.29, 0.717) is 17.7 Å². The Bertz CT molecular complexity index is 698. The van der Waals surface area contributed by atoms with Gasteiger partial charge in [0.05, 0.1) is 6.42 Å². The summed E-state index contributed by atoms with van der Waals surface area (Å²) < 4.78 is 0. The lowest BCUT2D eigenvalue weighted by Gasteiger charge is -2.22. The number of benzene rings is 1. The molecule has 1 aromatic rings. The van der Waals surface area contributed by atoms with Gasteiger partial charge in [-0.3, -0.25) is 19.2 Å². The fourth-order valence-corrected chi connectivity index (χ4v) is 2.45. The van der Waals surface area contributed by atoms with Crippen LogP contribution in [0.1, 0.15) is 50.9 Å². The molecule has 1 atom stereocenters. The second-order valence-electron chi connectivity index (χ2n) is 7.35. The lowest BCUT2D eigenvalue weighted by atomic mass is 10.0. The summed E-state index contributed by atoms with van der Waals surface area (Å²) in [6.45, 7) is 7.61. The van der Waals surface area contributed by atoms with E-state index in [1.54, 1.807) is 12.1 Å². The predicted molar refractivity (Wildman–Crippen MR) is 106 cm³/mol. The lowest BCUT2D eigenvalue weighted by Crippen LogP contribution is -2.47. The molecule has 0 radical (unpaired) electrons. The van der Waals surface area contributed by atoms with Crippen molar-refractivity contribution in [2.24, 2.45) is 11.8 Å². The van der Waals surface area contributed by atoms with Gasteiger partial charge in [-0.15, -0.1) is 0 Å². The van der Waals surface area contributed by atoms with Crippen LogP contribution in [0.3, 0.4) is 0 Å². The number of anilines is 1. The first-order valence-electron chi connectivity index (χ1n) is 9.30. The number of aliphatic carboxylic acids is 1. The largest absolute Gasteiger partial charge is 0.481 e. The molecule has 0 heterocycles. The SMILES string of the molecule is CC(C)CC(=O)NC(C(=O)Nc1ccc(C(=O)NCCC(=O)O)cc1)C(C)C. The Labute approximate surface area is 165 Å². The van der Waals surface area contributed by atoms with Crippen molar-refractivity contribution in [1.82, 2.24) is 10.6 Å². The van der Waals surface area contributed by atoms with Gasteiger partial charge < -0.3 is 21.1 Å². The molecule has 28 heavy (non-hydrogen) atoms. The van der Waals surface area contributed by atoms with Gasteiger partial charge in [0.15, 0.2) is 0 Å². The van der Waals surface area contributed by atoms with Gasteiger partial charge in [0.25, 0.3) is 5.91 Å². The van der Waals surface area contributed by atoms with Gasteiger partial charge in [-0.25, -0.2) is 0 Å². The van der Waals surface area contributed by atoms with E-state index in [1.807, 2.05) is 27.7 Å². The maximum absolute atomic E-state index is 12.5. The van der Waals surface area contributed by atoms with Crippen LogP contribution >= 0.6 is 0 Å². The van der Waals surface area contributed by atoms with Crippen LogP contribution in [0.15, 0.2) is 24.3 Å². The molecule has 1 rings (SSSR count). The van der Waals surface area contributed by atoms with E-state index in [2.05, 4.69) is 16.0 Å². The number of hydrogen-bond acceptors (Lipinski definition) is 4. The highest BCUT2D eigenvalue weighted by molar-refractivity contribution is 5.98. The third-order valence-electron chi connectivity index (χ3n) is 3.90. The number of carbonyl (C=O) groups excluding carboxylic acids is 3. The van der Waals surface area contributed by atoms with Gasteiger partial charge in [0.1, 0.15) is 6.04 Å². The fraction of sp³-hybridized carbons (Fsp3) is 0.500. The molecule has 0 aromatic heterocycles. The normalized spacial score (nSPS) is 11.8. The first-order chi connectivity index (χ1) is 13.1. The topological polar surface area (TPSA) is 125 Å². The molecule has 3 amide bonds. The third-order valence-corrected chi connectivity index (χ3v) is 3.90. The summed E-state index contributed by atoms with van der Waals surface area (Å²) in [5.41, 5.74) is 0.852. The van der Waals surface area contributed by atoms with Crippen molar-refractivity contribution >= 4 is 29.4 Å². The average molecular weight is 391 g/mol. The van der Waals surface area contributed by atoms with E-state index in [1.165, 1.54) is 12.1 Å². The van der Waals surface area contributed by atoms with Crippen LogP contribution in [-0.2, 0) is 14.4 Å². The highest BCUT2D eigenvalue weighted by atomic mass is 16.4. The molecule has 8 heteroatoms. The molecule has 0 aliphatic heterocycles. The molecule has 4 N–H and O–H groups in total. The molecule has 8 nitrogen and oxygen atoms in total. The van der Waals surface area contributed by atoms with Crippen LogP contribution < -0.4 is 16.0 Å². The first-order valence-corrected chi connectivity index (χ1v) is 9.30. The maximum Gasteiger partial charge on any atom is 0.305 e. The van der Waals surface area contributed by atoms with Gasteiger partial charge in [0.2, 0.25) is 11.8 Å². The van der Waals surface area contributed by atoms with Crippen molar-refractivity contribution in [3.8, 4) is 0 Å². The summed E-state index contributed by atoms with van der Waals surface area (Å²) in [7, 11) is 0. The second-order valence-corrected chi connectivity index (χ2v) is 7.35. The number of carbonyl (C=O) groups is 4. The predicted octanol–water partition coefficient (Wildman–Crippen LogP) is 2.02. The molecule has 1 unspecified atom stereocenters. The van der Waals surface area contributed by atoms with E-state index in [9.17, 15) is 19.2 Å². The molecule has 0 spiro atoms. The minimum atomic E-state index is -0.987. The molecule has 1 aromatic carbocycles. The van der Waals surface area contributed by atoms with Crippen LogP contribution in [-0.4, -0.2) is 41.4 Å². The second kappa shape index (κ2) is 11.1. The Morgan fingerprint density at radius 3 is 2.11 bits per heavy atom. The number of rotatable bonds is 10. The molecular formula is C20H29N3O5. The Morgan fingerprint density at radius 2 is 1.61 bits per heavy atom. The van der Waals surface area contributed by atoms with E-state index < -0.39 is 12.0 Å².